The van der Waals surface area contributed by atoms with Crippen molar-refractivity contribution in [3.63, 3.8) is 0 Å². The van der Waals surface area contributed by atoms with Gasteiger partial charge >= 0.3 is 0 Å². The van der Waals surface area contributed by atoms with E-state index >= 15 is 0 Å². The minimum atomic E-state index is 0.238. The Morgan fingerprint density at radius 1 is 1.00 bits per heavy atom. The first-order valence-corrected chi connectivity index (χ1v) is 7.58. The molecule has 0 unspecified atom stereocenters. The summed E-state index contributed by atoms with van der Waals surface area (Å²) in [7, 11) is 1.62. The van der Waals surface area contributed by atoms with Gasteiger partial charge in [-0.1, -0.05) is 17.7 Å². The summed E-state index contributed by atoms with van der Waals surface area (Å²) in [6, 6.07) is 12.9. The Kier molecular flexibility index (Phi) is 3.32. The quantitative estimate of drug-likeness (QED) is 0.510. The molecule has 4 aromatic rings. The average molecular weight is 345 g/mol. The summed E-state index contributed by atoms with van der Waals surface area (Å²) in [5.41, 5.74) is 2.12. The molecule has 23 heavy (non-hydrogen) atoms. The van der Waals surface area contributed by atoms with E-state index in [-0.39, 0.29) is 5.28 Å². The molecular formula is C16H10Cl2N4O. The number of hydrogen-bond acceptors (Lipinski definition) is 4. The lowest BCUT2D eigenvalue weighted by molar-refractivity contribution is 0.415. The van der Waals surface area contributed by atoms with Crippen LogP contribution in [0.3, 0.4) is 0 Å². The zero-order valence-electron chi connectivity index (χ0n) is 12.0. The number of ether oxygens (including phenoxy) is 1. The fraction of sp³-hybridized carbons (Fsp3) is 0.0625. The van der Waals surface area contributed by atoms with Crippen LogP contribution in [0.1, 0.15) is 0 Å². The number of methoxy groups -OCH3 is 1. The molecule has 0 radical (unpaired) electrons. The van der Waals surface area contributed by atoms with E-state index in [1.165, 1.54) is 4.52 Å². The van der Waals surface area contributed by atoms with Gasteiger partial charge in [0.1, 0.15) is 5.75 Å². The summed E-state index contributed by atoms with van der Waals surface area (Å²) >= 11 is 12.5. The lowest BCUT2D eigenvalue weighted by atomic mass is 10.2. The molecule has 0 aliphatic heterocycles. The third-order valence-electron chi connectivity index (χ3n) is 3.56. The normalized spacial score (nSPS) is 11.3. The molecule has 0 saturated heterocycles. The molecule has 114 valence electrons. The van der Waals surface area contributed by atoms with Crippen molar-refractivity contribution in [3.8, 4) is 17.1 Å². The Hall–Kier alpha value is -2.37. The summed E-state index contributed by atoms with van der Waals surface area (Å²) in [4.78, 5) is 8.91. The maximum atomic E-state index is 6.30. The van der Waals surface area contributed by atoms with Gasteiger partial charge in [-0.15, -0.1) is 5.10 Å². The minimum absolute atomic E-state index is 0.238. The number of hydrogen-bond donors (Lipinski definition) is 0. The number of nitrogens with zero attached hydrogens (tertiary/aromatic N) is 4. The number of halogens is 2. The van der Waals surface area contributed by atoms with E-state index in [0.29, 0.717) is 22.0 Å². The minimum Gasteiger partial charge on any atom is -0.497 e. The summed E-state index contributed by atoms with van der Waals surface area (Å²) < 4.78 is 6.66. The molecule has 5 nitrogen and oxygen atoms in total. The van der Waals surface area contributed by atoms with Crippen molar-refractivity contribution in [1.29, 1.82) is 0 Å². The highest BCUT2D eigenvalue weighted by atomic mass is 35.5. The van der Waals surface area contributed by atoms with Crippen LogP contribution in [0.5, 0.6) is 5.75 Å². The fourth-order valence-electron chi connectivity index (χ4n) is 2.44. The fourth-order valence-corrected chi connectivity index (χ4v) is 2.90. The Morgan fingerprint density at radius 3 is 2.52 bits per heavy atom. The molecule has 0 N–H and O–H groups in total. The van der Waals surface area contributed by atoms with Crippen LogP contribution in [0, 0.1) is 0 Å². The zero-order chi connectivity index (χ0) is 16.0. The van der Waals surface area contributed by atoms with E-state index < -0.39 is 0 Å². The SMILES string of the molecule is COc1ccc(-c2nc3c4c(Cl)cccc4nc(Cl)n3n2)cc1. The van der Waals surface area contributed by atoms with Crippen molar-refractivity contribution in [2.24, 2.45) is 0 Å². The second kappa shape index (κ2) is 5.37. The van der Waals surface area contributed by atoms with Gasteiger partial charge in [-0.2, -0.15) is 4.52 Å². The molecule has 0 saturated carbocycles. The number of fused-ring (bicyclic) bond motifs is 3. The van der Waals surface area contributed by atoms with Crippen molar-refractivity contribution in [1.82, 2.24) is 19.6 Å². The van der Waals surface area contributed by atoms with Crippen molar-refractivity contribution in [3.05, 3.63) is 52.8 Å². The van der Waals surface area contributed by atoms with Gasteiger partial charge in [-0.3, -0.25) is 0 Å². The van der Waals surface area contributed by atoms with Gasteiger partial charge in [0, 0.05) is 5.56 Å². The van der Waals surface area contributed by atoms with E-state index in [9.17, 15) is 0 Å². The third-order valence-corrected chi connectivity index (χ3v) is 4.12. The van der Waals surface area contributed by atoms with Gasteiger partial charge in [0.05, 0.1) is 23.0 Å². The first-order valence-electron chi connectivity index (χ1n) is 6.82. The molecule has 0 aliphatic rings. The van der Waals surface area contributed by atoms with Crippen LogP contribution in [0.2, 0.25) is 10.3 Å². The lowest BCUT2D eigenvalue weighted by Crippen LogP contribution is -1.95. The summed E-state index contributed by atoms with van der Waals surface area (Å²) in [5.74, 6) is 1.31. The van der Waals surface area contributed by atoms with Crippen LogP contribution >= 0.6 is 23.2 Å². The Labute approximate surface area is 141 Å². The molecule has 2 heterocycles. The van der Waals surface area contributed by atoms with Crippen molar-refractivity contribution >= 4 is 39.8 Å². The average Bonchev–Trinajstić information content (AvgIpc) is 3.01. The number of benzene rings is 2. The smallest absolute Gasteiger partial charge is 0.226 e. The molecule has 0 spiro atoms. The predicted molar refractivity (Wildman–Crippen MR) is 90.3 cm³/mol. The van der Waals surface area contributed by atoms with Crippen LogP contribution in [0.25, 0.3) is 27.9 Å². The summed E-state index contributed by atoms with van der Waals surface area (Å²) in [6.45, 7) is 0. The molecule has 2 aromatic carbocycles. The standard InChI is InChI=1S/C16H10Cl2N4O/c1-23-10-7-5-9(6-8-10)14-20-15-13-11(17)3-2-4-12(13)19-16(18)22(15)21-14/h2-8H,1H3. The monoisotopic (exact) mass is 344 g/mol. The van der Waals surface area contributed by atoms with Crippen LogP contribution < -0.4 is 4.74 Å². The van der Waals surface area contributed by atoms with Crippen LogP contribution in [0.15, 0.2) is 42.5 Å². The van der Waals surface area contributed by atoms with Gasteiger partial charge in [-0.25, -0.2) is 9.97 Å². The van der Waals surface area contributed by atoms with Gasteiger partial charge in [0.2, 0.25) is 5.28 Å². The van der Waals surface area contributed by atoms with Gasteiger partial charge < -0.3 is 4.74 Å². The molecule has 0 bridgehead atoms. The highest BCUT2D eigenvalue weighted by Crippen LogP contribution is 2.29. The molecule has 0 atom stereocenters. The molecule has 2 aromatic heterocycles. The Morgan fingerprint density at radius 2 is 1.78 bits per heavy atom. The number of rotatable bonds is 2. The number of aromatic nitrogens is 4. The lowest BCUT2D eigenvalue weighted by Gasteiger charge is -2.02. The van der Waals surface area contributed by atoms with Crippen LogP contribution in [-0.2, 0) is 0 Å². The molecule has 7 heteroatoms. The predicted octanol–water partition coefficient (Wildman–Crippen LogP) is 4.26. The van der Waals surface area contributed by atoms with E-state index in [1.54, 1.807) is 13.2 Å². The second-order valence-corrected chi connectivity index (χ2v) is 5.66. The first kappa shape index (κ1) is 14.2. The van der Waals surface area contributed by atoms with E-state index in [0.717, 1.165) is 16.7 Å². The molecule has 0 aliphatic carbocycles. The molecular weight excluding hydrogens is 335 g/mol. The topological polar surface area (TPSA) is 52.3 Å². The Bertz CT molecular complexity index is 1030. The summed E-state index contributed by atoms with van der Waals surface area (Å²) in [6.07, 6.45) is 0. The summed E-state index contributed by atoms with van der Waals surface area (Å²) in [5, 5.41) is 5.97. The highest BCUT2D eigenvalue weighted by molar-refractivity contribution is 6.37. The molecule has 0 fully saturated rings. The van der Waals surface area contributed by atoms with Crippen molar-refractivity contribution < 1.29 is 4.74 Å². The van der Waals surface area contributed by atoms with E-state index in [2.05, 4.69) is 15.1 Å². The van der Waals surface area contributed by atoms with Crippen LogP contribution in [0.4, 0.5) is 0 Å². The van der Waals surface area contributed by atoms with E-state index in [1.807, 2.05) is 36.4 Å². The van der Waals surface area contributed by atoms with Crippen molar-refractivity contribution in [2.75, 3.05) is 7.11 Å². The van der Waals surface area contributed by atoms with Crippen LogP contribution in [-0.4, -0.2) is 26.7 Å². The van der Waals surface area contributed by atoms with E-state index in [4.69, 9.17) is 27.9 Å². The highest BCUT2D eigenvalue weighted by Gasteiger charge is 2.15. The van der Waals surface area contributed by atoms with Gasteiger partial charge in [0.25, 0.3) is 0 Å². The largest absolute Gasteiger partial charge is 0.497 e. The second-order valence-electron chi connectivity index (χ2n) is 4.91. The maximum Gasteiger partial charge on any atom is 0.226 e. The zero-order valence-corrected chi connectivity index (χ0v) is 13.5. The Balaban J connectivity index is 1.99. The van der Waals surface area contributed by atoms with Crippen molar-refractivity contribution in [2.45, 2.75) is 0 Å². The third kappa shape index (κ3) is 2.29. The molecule has 0 amide bonds. The first-order chi connectivity index (χ1) is 11.2. The van der Waals surface area contributed by atoms with Gasteiger partial charge in [0.15, 0.2) is 11.5 Å². The maximum absolute atomic E-state index is 6.30. The van der Waals surface area contributed by atoms with Gasteiger partial charge in [-0.05, 0) is 48.0 Å². The molecule has 4 rings (SSSR count).